The Kier molecular flexibility index (Phi) is 6.17. The van der Waals surface area contributed by atoms with Crippen molar-refractivity contribution >= 4 is 15.9 Å². The largest absolute Gasteiger partial charge is 0.496 e. The van der Waals surface area contributed by atoms with Crippen molar-refractivity contribution in [3.63, 3.8) is 0 Å². The van der Waals surface area contributed by atoms with Crippen LogP contribution in [0.25, 0.3) is 0 Å². The van der Waals surface area contributed by atoms with Crippen molar-refractivity contribution in [3.8, 4) is 5.75 Å². The minimum Gasteiger partial charge on any atom is -0.496 e. The van der Waals surface area contributed by atoms with Crippen LogP contribution >= 0.6 is 0 Å². The Balaban J connectivity index is 1.91. The topological polar surface area (TPSA) is 84.5 Å². The number of carbonyl (C=O) groups is 1. The lowest BCUT2D eigenvalue weighted by molar-refractivity contribution is -0.120. The first-order valence-electron chi connectivity index (χ1n) is 7.78. The molecular weight excluding hydrogens is 340 g/mol. The van der Waals surface area contributed by atoms with E-state index in [1.54, 1.807) is 13.0 Å². The van der Waals surface area contributed by atoms with Gasteiger partial charge in [0.2, 0.25) is 15.9 Å². The highest BCUT2D eigenvalue weighted by Crippen LogP contribution is 2.21. The van der Waals surface area contributed by atoms with Crippen LogP contribution in [0.5, 0.6) is 5.75 Å². The fourth-order valence-electron chi connectivity index (χ4n) is 2.23. The lowest BCUT2D eigenvalue weighted by Gasteiger charge is -2.10. The Labute approximate surface area is 148 Å². The summed E-state index contributed by atoms with van der Waals surface area (Å²) in [5, 5.41) is 2.69. The molecule has 0 aromatic heterocycles. The van der Waals surface area contributed by atoms with Gasteiger partial charge in [0.1, 0.15) is 5.75 Å². The number of hydrogen-bond donors (Lipinski definition) is 2. The fourth-order valence-corrected chi connectivity index (χ4v) is 3.30. The smallest absolute Gasteiger partial charge is 0.241 e. The molecule has 2 N–H and O–H groups in total. The molecule has 6 nitrogen and oxygen atoms in total. The molecule has 2 aromatic carbocycles. The summed E-state index contributed by atoms with van der Waals surface area (Å²) in [5.74, 6) is 0.212. The minimum atomic E-state index is -3.76. The summed E-state index contributed by atoms with van der Waals surface area (Å²) in [5.41, 5.74) is 2.79. The van der Waals surface area contributed by atoms with Crippen molar-refractivity contribution in [1.82, 2.24) is 10.0 Å². The molecule has 7 heteroatoms. The van der Waals surface area contributed by atoms with Gasteiger partial charge in [0.15, 0.2) is 0 Å². The lowest BCUT2D eigenvalue weighted by atomic mass is 10.1. The van der Waals surface area contributed by atoms with Crippen LogP contribution < -0.4 is 14.8 Å². The van der Waals surface area contributed by atoms with E-state index in [0.717, 1.165) is 11.1 Å². The van der Waals surface area contributed by atoms with Crippen molar-refractivity contribution in [3.05, 3.63) is 59.2 Å². The number of ether oxygens (including phenoxy) is 1. The SMILES string of the molecule is COc1ccc(S(=O)(=O)NCC(=O)NCc2ccc(C)cc2)cc1C. The number of amides is 1. The van der Waals surface area contributed by atoms with Gasteiger partial charge in [0.05, 0.1) is 18.6 Å². The molecule has 0 aliphatic heterocycles. The van der Waals surface area contributed by atoms with Crippen molar-refractivity contribution in [2.24, 2.45) is 0 Å². The van der Waals surface area contributed by atoms with E-state index in [1.807, 2.05) is 31.2 Å². The molecule has 0 heterocycles. The van der Waals surface area contributed by atoms with E-state index in [1.165, 1.54) is 19.2 Å². The minimum absolute atomic E-state index is 0.0946. The number of aryl methyl sites for hydroxylation is 2. The van der Waals surface area contributed by atoms with Crippen molar-refractivity contribution in [2.75, 3.05) is 13.7 Å². The van der Waals surface area contributed by atoms with Gasteiger partial charge in [-0.05, 0) is 43.2 Å². The van der Waals surface area contributed by atoms with E-state index < -0.39 is 15.9 Å². The van der Waals surface area contributed by atoms with Gasteiger partial charge in [0, 0.05) is 6.54 Å². The highest BCUT2D eigenvalue weighted by Gasteiger charge is 2.16. The Bertz CT molecular complexity index is 846. The molecule has 0 spiro atoms. The first-order valence-corrected chi connectivity index (χ1v) is 9.26. The summed E-state index contributed by atoms with van der Waals surface area (Å²) in [7, 11) is -2.24. The molecule has 0 bridgehead atoms. The van der Waals surface area contributed by atoms with Gasteiger partial charge < -0.3 is 10.1 Å². The molecule has 0 unspecified atom stereocenters. The van der Waals surface area contributed by atoms with Gasteiger partial charge in [-0.15, -0.1) is 0 Å². The molecule has 0 fully saturated rings. The van der Waals surface area contributed by atoms with Crippen molar-refractivity contribution in [2.45, 2.75) is 25.3 Å². The van der Waals surface area contributed by atoms with Crippen LogP contribution in [0.3, 0.4) is 0 Å². The summed E-state index contributed by atoms with van der Waals surface area (Å²) in [4.78, 5) is 12.0. The first-order chi connectivity index (χ1) is 11.8. The first kappa shape index (κ1) is 19.0. The lowest BCUT2D eigenvalue weighted by Crippen LogP contribution is -2.36. The second kappa shape index (κ2) is 8.13. The number of hydrogen-bond acceptors (Lipinski definition) is 4. The number of nitrogens with one attached hydrogen (secondary N) is 2. The Morgan fingerprint density at radius 2 is 1.76 bits per heavy atom. The zero-order valence-electron chi connectivity index (χ0n) is 14.5. The second-order valence-electron chi connectivity index (χ2n) is 5.72. The molecule has 0 saturated heterocycles. The third-order valence-corrected chi connectivity index (χ3v) is 5.11. The van der Waals surface area contributed by atoms with Crippen LogP contribution in [0, 0.1) is 13.8 Å². The number of carbonyl (C=O) groups excluding carboxylic acids is 1. The van der Waals surface area contributed by atoms with Crippen molar-refractivity contribution < 1.29 is 17.9 Å². The zero-order valence-corrected chi connectivity index (χ0v) is 15.3. The Morgan fingerprint density at radius 1 is 1.08 bits per heavy atom. The van der Waals surface area contributed by atoms with Crippen LogP contribution in [0.15, 0.2) is 47.4 Å². The van der Waals surface area contributed by atoms with E-state index in [2.05, 4.69) is 10.0 Å². The number of methoxy groups -OCH3 is 1. The molecule has 0 atom stereocenters. The van der Waals surface area contributed by atoms with Gasteiger partial charge in [0.25, 0.3) is 0 Å². The van der Waals surface area contributed by atoms with E-state index in [0.29, 0.717) is 17.9 Å². The molecule has 1 amide bonds. The average molecular weight is 362 g/mol. The van der Waals surface area contributed by atoms with Crippen LogP contribution in [-0.4, -0.2) is 28.0 Å². The number of benzene rings is 2. The Morgan fingerprint density at radius 3 is 2.36 bits per heavy atom. The van der Waals surface area contributed by atoms with Crippen LogP contribution in [-0.2, 0) is 21.4 Å². The zero-order chi connectivity index (χ0) is 18.4. The highest BCUT2D eigenvalue weighted by atomic mass is 32.2. The fraction of sp³-hybridized carbons (Fsp3) is 0.278. The van der Waals surface area contributed by atoms with Gasteiger partial charge in [-0.25, -0.2) is 13.1 Å². The van der Waals surface area contributed by atoms with E-state index in [9.17, 15) is 13.2 Å². The molecule has 2 aromatic rings. The predicted octanol–water partition coefficient (Wildman–Crippen LogP) is 1.91. The molecule has 2 rings (SSSR count). The van der Waals surface area contributed by atoms with Gasteiger partial charge in [-0.2, -0.15) is 0 Å². The molecule has 0 saturated carbocycles. The summed E-state index contributed by atoms with van der Waals surface area (Å²) < 4.78 is 32.0. The average Bonchev–Trinajstić information content (AvgIpc) is 2.59. The van der Waals surface area contributed by atoms with Crippen LogP contribution in [0.2, 0.25) is 0 Å². The van der Waals surface area contributed by atoms with Crippen LogP contribution in [0.1, 0.15) is 16.7 Å². The second-order valence-corrected chi connectivity index (χ2v) is 7.49. The van der Waals surface area contributed by atoms with E-state index in [4.69, 9.17) is 4.74 Å². The maximum atomic E-state index is 12.3. The molecular formula is C18H22N2O4S. The molecule has 0 aliphatic carbocycles. The Hall–Kier alpha value is -2.38. The van der Waals surface area contributed by atoms with Crippen molar-refractivity contribution in [1.29, 1.82) is 0 Å². The molecule has 0 radical (unpaired) electrons. The normalized spacial score (nSPS) is 11.2. The summed E-state index contributed by atoms with van der Waals surface area (Å²) in [6, 6.07) is 12.3. The number of rotatable bonds is 7. The highest BCUT2D eigenvalue weighted by molar-refractivity contribution is 7.89. The summed E-state index contributed by atoms with van der Waals surface area (Å²) >= 11 is 0. The van der Waals surface area contributed by atoms with E-state index in [-0.39, 0.29) is 11.4 Å². The molecule has 25 heavy (non-hydrogen) atoms. The van der Waals surface area contributed by atoms with E-state index >= 15 is 0 Å². The monoisotopic (exact) mass is 362 g/mol. The molecule has 134 valence electrons. The van der Waals surface area contributed by atoms with Gasteiger partial charge in [-0.3, -0.25) is 4.79 Å². The third-order valence-electron chi connectivity index (χ3n) is 3.71. The quantitative estimate of drug-likeness (QED) is 0.788. The predicted molar refractivity (Wildman–Crippen MR) is 95.9 cm³/mol. The van der Waals surface area contributed by atoms with Crippen LogP contribution in [0.4, 0.5) is 0 Å². The maximum Gasteiger partial charge on any atom is 0.241 e. The van der Waals surface area contributed by atoms with Gasteiger partial charge >= 0.3 is 0 Å². The van der Waals surface area contributed by atoms with Gasteiger partial charge in [-0.1, -0.05) is 29.8 Å². The summed E-state index contributed by atoms with van der Waals surface area (Å²) in [6.45, 7) is 3.77. The third kappa shape index (κ3) is 5.30. The standard InChI is InChI=1S/C18H22N2O4S/c1-13-4-6-15(7-5-13)11-19-18(21)12-20-25(22,23)16-8-9-17(24-3)14(2)10-16/h4-10,20H,11-12H2,1-3H3,(H,19,21). The number of sulfonamides is 1. The molecule has 0 aliphatic rings. The maximum absolute atomic E-state index is 12.3. The summed E-state index contributed by atoms with van der Waals surface area (Å²) in [6.07, 6.45) is 0.